The monoisotopic (exact) mass is 349 g/mol. The lowest BCUT2D eigenvalue weighted by Crippen LogP contribution is -2.48. The van der Waals surface area contributed by atoms with E-state index in [4.69, 9.17) is 10.8 Å². The molecule has 0 aromatic heterocycles. The Labute approximate surface area is 136 Å². The number of carboxylic acid groups (broad SMARTS) is 1. The van der Waals surface area contributed by atoms with Gasteiger partial charge in [0.2, 0.25) is 5.91 Å². The summed E-state index contributed by atoms with van der Waals surface area (Å²) in [5.74, 6) is -1.47. The minimum atomic E-state index is -3.61. The highest BCUT2D eigenvalue weighted by Crippen LogP contribution is 2.37. The highest BCUT2D eigenvalue weighted by atomic mass is 31.2. The second-order valence-corrected chi connectivity index (χ2v) is 8.12. The van der Waals surface area contributed by atoms with Gasteiger partial charge in [0.05, 0.1) is 6.04 Å². The Morgan fingerprint density at radius 2 is 2.00 bits per heavy atom. The van der Waals surface area contributed by atoms with Gasteiger partial charge in [-0.3, -0.25) is 9.36 Å². The van der Waals surface area contributed by atoms with E-state index < -0.39 is 31.5 Å². The third-order valence-electron chi connectivity index (χ3n) is 4.00. The number of carbonyl (C=O) groups excluding carboxylic acids is 1. The van der Waals surface area contributed by atoms with Crippen LogP contribution >= 0.6 is 7.52 Å². The highest BCUT2D eigenvalue weighted by molar-refractivity contribution is 7.55. The molecule has 0 aliphatic carbocycles. The molecule has 0 saturated carbocycles. The Morgan fingerprint density at radius 3 is 2.61 bits per heavy atom. The number of hydrogen-bond acceptors (Lipinski definition) is 4. The number of nitrogens with one attached hydrogen (secondary N) is 1. The Balaban J connectivity index is 2.46. The van der Waals surface area contributed by atoms with Crippen LogP contribution in [0.25, 0.3) is 0 Å². The van der Waals surface area contributed by atoms with Crippen LogP contribution in [-0.2, 0) is 14.2 Å². The molecule has 1 fully saturated rings. The molecule has 5 N–H and O–H groups in total. The second kappa shape index (κ2) is 9.37. The van der Waals surface area contributed by atoms with Crippen LogP contribution in [0.3, 0.4) is 0 Å². The SMILES string of the molecule is C[C@H](NP(=O)(O)CCCCCCN)C(=O)N1CCC[C@H]1C(=O)O. The fourth-order valence-corrected chi connectivity index (χ4v) is 4.28. The van der Waals surface area contributed by atoms with E-state index in [0.717, 1.165) is 19.3 Å². The molecule has 1 aliphatic rings. The molecular weight excluding hydrogens is 321 g/mol. The number of likely N-dealkylation sites (tertiary alicyclic amines) is 1. The van der Waals surface area contributed by atoms with Gasteiger partial charge in [0.1, 0.15) is 6.04 Å². The summed E-state index contributed by atoms with van der Waals surface area (Å²) in [4.78, 5) is 34.7. The van der Waals surface area contributed by atoms with Crippen LogP contribution in [0.15, 0.2) is 0 Å². The van der Waals surface area contributed by atoms with Crippen LogP contribution in [0.4, 0.5) is 0 Å². The van der Waals surface area contributed by atoms with Crippen molar-refractivity contribution < 1.29 is 24.2 Å². The smallest absolute Gasteiger partial charge is 0.326 e. The fourth-order valence-electron chi connectivity index (χ4n) is 2.78. The first-order chi connectivity index (χ1) is 10.8. The molecule has 0 spiro atoms. The molecule has 0 radical (unpaired) electrons. The van der Waals surface area contributed by atoms with Crippen molar-refractivity contribution in [1.82, 2.24) is 9.99 Å². The van der Waals surface area contributed by atoms with E-state index in [1.54, 1.807) is 0 Å². The summed E-state index contributed by atoms with van der Waals surface area (Å²) in [7, 11) is -3.61. The molecule has 1 amide bonds. The zero-order chi connectivity index (χ0) is 17.5. The van der Waals surface area contributed by atoms with Gasteiger partial charge in [0.25, 0.3) is 7.52 Å². The average molecular weight is 349 g/mol. The average Bonchev–Trinajstić information content (AvgIpc) is 2.95. The maximum atomic E-state index is 12.3. The quantitative estimate of drug-likeness (QED) is 0.338. The lowest BCUT2D eigenvalue weighted by molar-refractivity contribution is -0.148. The Morgan fingerprint density at radius 1 is 1.35 bits per heavy atom. The number of hydrogen-bond donors (Lipinski definition) is 4. The summed E-state index contributed by atoms with van der Waals surface area (Å²) in [6, 6.07) is -1.71. The second-order valence-electron chi connectivity index (χ2n) is 6.01. The van der Waals surface area contributed by atoms with Gasteiger partial charge in [-0.1, -0.05) is 12.8 Å². The molecule has 1 heterocycles. The van der Waals surface area contributed by atoms with Gasteiger partial charge in [-0.2, -0.15) is 0 Å². The number of nitrogens with two attached hydrogens (primary N) is 1. The summed E-state index contributed by atoms with van der Waals surface area (Å²) >= 11 is 0. The molecule has 3 atom stereocenters. The fraction of sp³-hybridized carbons (Fsp3) is 0.857. The number of carboxylic acids is 1. The number of amides is 1. The van der Waals surface area contributed by atoms with Crippen LogP contribution in [0, 0.1) is 0 Å². The van der Waals surface area contributed by atoms with Gasteiger partial charge >= 0.3 is 5.97 Å². The van der Waals surface area contributed by atoms with Gasteiger partial charge in [-0.25, -0.2) is 9.88 Å². The van der Waals surface area contributed by atoms with E-state index in [9.17, 15) is 19.0 Å². The number of rotatable bonds is 10. The predicted octanol–water partition coefficient (Wildman–Crippen LogP) is 0.745. The van der Waals surface area contributed by atoms with Crippen molar-refractivity contribution in [1.29, 1.82) is 0 Å². The topological polar surface area (TPSA) is 133 Å². The van der Waals surface area contributed by atoms with E-state index in [1.165, 1.54) is 11.8 Å². The Bertz CT molecular complexity index is 460. The number of unbranched alkanes of at least 4 members (excludes halogenated alkanes) is 3. The molecule has 0 aromatic carbocycles. The van der Waals surface area contributed by atoms with Crippen molar-refractivity contribution >= 4 is 19.4 Å². The van der Waals surface area contributed by atoms with Crippen molar-refractivity contribution in [2.75, 3.05) is 19.3 Å². The molecule has 0 bridgehead atoms. The van der Waals surface area contributed by atoms with Gasteiger partial charge in [0.15, 0.2) is 0 Å². The zero-order valence-corrected chi connectivity index (χ0v) is 14.5. The van der Waals surface area contributed by atoms with Crippen LogP contribution in [0.2, 0.25) is 0 Å². The Kier molecular flexibility index (Phi) is 8.19. The number of nitrogens with zero attached hydrogens (tertiary/aromatic N) is 1. The molecule has 1 aliphatic heterocycles. The zero-order valence-electron chi connectivity index (χ0n) is 13.6. The van der Waals surface area contributed by atoms with Crippen LogP contribution in [-0.4, -0.2) is 58.1 Å². The summed E-state index contributed by atoms with van der Waals surface area (Å²) < 4.78 is 12.1. The maximum absolute atomic E-state index is 12.3. The van der Waals surface area contributed by atoms with E-state index >= 15 is 0 Å². The largest absolute Gasteiger partial charge is 0.480 e. The Hall–Kier alpha value is -0.950. The maximum Gasteiger partial charge on any atom is 0.326 e. The van der Waals surface area contributed by atoms with E-state index in [0.29, 0.717) is 32.4 Å². The molecule has 8 nitrogen and oxygen atoms in total. The van der Waals surface area contributed by atoms with Gasteiger partial charge in [-0.05, 0) is 39.2 Å². The highest BCUT2D eigenvalue weighted by Gasteiger charge is 2.37. The molecule has 0 aromatic rings. The minimum Gasteiger partial charge on any atom is -0.480 e. The third-order valence-corrected chi connectivity index (χ3v) is 5.72. The summed E-state index contributed by atoms with van der Waals surface area (Å²) in [5.41, 5.74) is 5.39. The molecule has 1 rings (SSSR count). The summed E-state index contributed by atoms with van der Waals surface area (Å²) in [6.45, 7) is 2.48. The van der Waals surface area contributed by atoms with E-state index in [1.807, 2.05) is 0 Å². The minimum absolute atomic E-state index is 0.0948. The molecular formula is C14H28N3O5P. The van der Waals surface area contributed by atoms with Crippen LogP contribution in [0.5, 0.6) is 0 Å². The van der Waals surface area contributed by atoms with Crippen molar-refractivity contribution in [2.45, 2.75) is 57.5 Å². The van der Waals surface area contributed by atoms with Crippen molar-refractivity contribution in [3.05, 3.63) is 0 Å². The standard InChI is InChI=1S/C14H28N3O5P/c1-11(13(18)17-9-6-7-12(17)14(19)20)16-23(21,22)10-5-3-2-4-8-15/h11-12H,2-10,15H2,1H3,(H,19,20)(H2,16,21,22)/t11-,12-/m0/s1. The normalized spacial score (nSPS) is 21.9. The van der Waals surface area contributed by atoms with E-state index in [-0.39, 0.29) is 6.16 Å². The summed E-state index contributed by atoms with van der Waals surface area (Å²) in [5, 5.41) is 11.6. The lowest BCUT2D eigenvalue weighted by atomic mass is 10.2. The van der Waals surface area contributed by atoms with Crippen LogP contribution in [0.1, 0.15) is 45.4 Å². The molecule has 134 valence electrons. The first kappa shape index (κ1) is 20.1. The van der Waals surface area contributed by atoms with Crippen molar-refractivity contribution in [3.63, 3.8) is 0 Å². The number of aliphatic carboxylic acids is 1. The predicted molar refractivity (Wildman–Crippen MR) is 87.2 cm³/mol. The summed E-state index contributed by atoms with van der Waals surface area (Å²) in [6.07, 6.45) is 4.36. The van der Waals surface area contributed by atoms with Crippen molar-refractivity contribution in [3.8, 4) is 0 Å². The van der Waals surface area contributed by atoms with Crippen LogP contribution < -0.4 is 10.8 Å². The third kappa shape index (κ3) is 6.59. The van der Waals surface area contributed by atoms with Crippen molar-refractivity contribution in [2.24, 2.45) is 5.73 Å². The molecule has 9 heteroatoms. The molecule has 1 saturated heterocycles. The number of carbonyl (C=O) groups is 2. The van der Waals surface area contributed by atoms with E-state index in [2.05, 4.69) is 5.09 Å². The lowest BCUT2D eigenvalue weighted by Gasteiger charge is -2.26. The molecule has 1 unspecified atom stereocenters. The van der Waals surface area contributed by atoms with Gasteiger partial charge in [0, 0.05) is 12.7 Å². The first-order valence-corrected chi connectivity index (χ1v) is 9.96. The molecule has 23 heavy (non-hydrogen) atoms. The van der Waals surface area contributed by atoms with Gasteiger partial charge < -0.3 is 20.6 Å². The van der Waals surface area contributed by atoms with Gasteiger partial charge in [-0.15, -0.1) is 0 Å². The first-order valence-electron chi connectivity index (χ1n) is 8.11.